The quantitative estimate of drug-likeness (QED) is 0.448. The van der Waals surface area contributed by atoms with Crippen molar-refractivity contribution in [3.8, 4) is 0 Å². The second kappa shape index (κ2) is 2.34. The molecule has 0 aliphatic carbocycles. The molecule has 5 nitrogen and oxygen atoms in total. The molecule has 0 aromatic carbocycles. The Morgan fingerprint density at radius 3 is 2.27 bits per heavy atom. The van der Waals surface area contributed by atoms with E-state index in [1.807, 2.05) is 0 Å². The summed E-state index contributed by atoms with van der Waals surface area (Å²) in [6, 6.07) is 0. The third-order valence-electron chi connectivity index (χ3n) is 1.66. The zero-order chi connectivity index (χ0) is 8.59. The molecule has 1 aromatic heterocycles. The lowest BCUT2D eigenvalue weighted by atomic mass is 10.3. The predicted octanol–water partition coefficient (Wildman–Crippen LogP) is 0.945. The van der Waals surface area contributed by atoms with Crippen LogP contribution in [-0.2, 0) is 7.05 Å². The average Bonchev–Trinajstić information content (AvgIpc) is 2.07. The minimum atomic E-state index is -0.421. The summed E-state index contributed by atoms with van der Waals surface area (Å²) in [4.78, 5) is 9.98. The summed E-state index contributed by atoms with van der Waals surface area (Å²) in [5, 5.41) is 14.3. The van der Waals surface area contributed by atoms with E-state index in [9.17, 15) is 10.1 Å². The summed E-state index contributed by atoms with van der Waals surface area (Å²) in [7, 11) is 1.57. The molecular weight excluding hydrogens is 146 g/mol. The number of nitro groups is 1. The second-order valence-corrected chi connectivity index (χ2v) is 2.41. The van der Waals surface area contributed by atoms with Crippen molar-refractivity contribution in [3.05, 3.63) is 21.4 Å². The SMILES string of the molecule is Cc1nn(C)c([N+](=O)[O-])c1C. The first-order chi connectivity index (χ1) is 5.04. The lowest BCUT2D eigenvalue weighted by molar-refractivity contribution is -0.392. The van der Waals surface area contributed by atoms with Gasteiger partial charge in [-0.05, 0) is 18.8 Å². The van der Waals surface area contributed by atoms with Gasteiger partial charge in [0, 0.05) is 0 Å². The van der Waals surface area contributed by atoms with Crippen LogP contribution in [0.5, 0.6) is 0 Å². The highest BCUT2D eigenvalue weighted by Crippen LogP contribution is 2.18. The molecule has 0 N–H and O–H groups in total. The van der Waals surface area contributed by atoms with E-state index in [4.69, 9.17) is 0 Å². The number of aromatic nitrogens is 2. The molecule has 0 spiro atoms. The van der Waals surface area contributed by atoms with Crippen LogP contribution in [0.25, 0.3) is 0 Å². The highest BCUT2D eigenvalue weighted by Gasteiger charge is 2.18. The van der Waals surface area contributed by atoms with Gasteiger partial charge in [-0.3, -0.25) is 0 Å². The molecule has 0 aliphatic rings. The van der Waals surface area contributed by atoms with E-state index in [1.165, 1.54) is 4.68 Å². The van der Waals surface area contributed by atoms with Gasteiger partial charge in [0.25, 0.3) is 0 Å². The van der Waals surface area contributed by atoms with Crippen LogP contribution in [0.2, 0.25) is 0 Å². The molecule has 1 heterocycles. The van der Waals surface area contributed by atoms with Crippen molar-refractivity contribution in [1.29, 1.82) is 0 Å². The highest BCUT2D eigenvalue weighted by molar-refractivity contribution is 5.34. The van der Waals surface area contributed by atoms with Gasteiger partial charge in [0.05, 0.1) is 11.3 Å². The standard InChI is InChI=1S/C6H9N3O2/c1-4-5(2)7-8(3)6(4)9(10)11/h1-3H3. The molecule has 1 rings (SSSR count). The third kappa shape index (κ3) is 1.09. The summed E-state index contributed by atoms with van der Waals surface area (Å²) in [5.41, 5.74) is 1.34. The zero-order valence-corrected chi connectivity index (χ0v) is 6.66. The van der Waals surface area contributed by atoms with E-state index in [0.717, 1.165) is 0 Å². The Hall–Kier alpha value is -1.39. The van der Waals surface area contributed by atoms with Gasteiger partial charge in [0.15, 0.2) is 0 Å². The van der Waals surface area contributed by atoms with Crippen molar-refractivity contribution < 1.29 is 4.92 Å². The largest absolute Gasteiger partial charge is 0.358 e. The molecule has 0 aliphatic heterocycles. The smallest absolute Gasteiger partial charge is 0.347 e. The van der Waals surface area contributed by atoms with Crippen LogP contribution >= 0.6 is 0 Å². The Bertz CT molecular complexity index is 303. The molecule has 0 atom stereocenters. The average molecular weight is 155 g/mol. The minimum Gasteiger partial charge on any atom is -0.358 e. The lowest BCUT2D eigenvalue weighted by Crippen LogP contribution is -1.98. The van der Waals surface area contributed by atoms with Crippen molar-refractivity contribution in [2.24, 2.45) is 7.05 Å². The summed E-state index contributed by atoms with van der Waals surface area (Å²) < 4.78 is 1.28. The van der Waals surface area contributed by atoms with Crippen LogP contribution in [0.15, 0.2) is 0 Å². The Labute approximate surface area is 63.8 Å². The Balaban J connectivity index is 3.34. The first-order valence-electron chi connectivity index (χ1n) is 3.18. The molecule has 5 heteroatoms. The fraction of sp³-hybridized carbons (Fsp3) is 0.500. The number of hydrogen-bond acceptors (Lipinski definition) is 3. The third-order valence-corrected chi connectivity index (χ3v) is 1.66. The number of rotatable bonds is 1. The predicted molar refractivity (Wildman–Crippen MR) is 39.3 cm³/mol. The molecule has 0 radical (unpaired) electrons. The van der Waals surface area contributed by atoms with E-state index < -0.39 is 4.92 Å². The molecule has 0 bridgehead atoms. The maximum absolute atomic E-state index is 10.4. The number of nitrogens with zero attached hydrogens (tertiary/aromatic N) is 3. The highest BCUT2D eigenvalue weighted by atomic mass is 16.6. The molecule has 11 heavy (non-hydrogen) atoms. The lowest BCUT2D eigenvalue weighted by Gasteiger charge is -1.92. The first-order valence-corrected chi connectivity index (χ1v) is 3.18. The van der Waals surface area contributed by atoms with Gasteiger partial charge in [-0.1, -0.05) is 5.10 Å². The zero-order valence-electron chi connectivity index (χ0n) is 6.66. The van der Waals surface area contributed by atoms with Crippen LogP contribution in [-0.4, -0.2) is 14.7 Å². The molecule has 0 saturated heterocycles. The second-order valence-electron chi connectivity index (χ2n) is 2.41. The molecule has 0 fully saturated rings. The summed E-state index contributed by atoms with van der Waals surface area (Å²) in [5.74, 6) is 0.0718. The van der Waals surface area contributed by atoms with Crippen LogP contribution < -0.4 is 0 Å². The first kappa shape index (κ1) is 7.71. The van der Waals surface area contributed by atoms with Gasteiger partial charge < -0.3 is 10.1 Å². The fourth-order valence-electron chi connectivity index (χ4n) is 1.01. The maximum Gasteiger partial charge on any atom is 0.347 e. The van der Waals surface area contributed by atoms with Gasteiger partial charge in [0.1, 0.15) is 7.05 Å². The van der Waals surface area contributed by atoms with Crippen LogP contribution in [0.3, 0.4) is 0 Å². The fourth-order valence-corrected chi connectivity index (χ4v) is 1.01. The van der Waals surface area contributed by atoms with E-state index >= 15 is 0 Å². The molecule has 0 amide bonds. The number of hydrogen-bond donors (Lipinski definition) is 0. The Kier molecular flexibility index (Phi) is 1.64. The Morgan fingerprint density at radius 2 is 2.09 bits per heavy atom. The van der Waals surface area contributed by atoms with Gasteiger partial charge in [-0.2, -0.15) is 0 Å². The monoisotopic (exact) mass is 155 g/mol. The van der Waals surface area contributed by atoms with Gasteiger partial charge in [-0.15, -0.1) is 4.68 Å². The number of aryl methyl sites for hydroxylation is 2. The topological polar surface area (TPSA) is 61.0 Å². The van der Waals surface area contributed by atoms with Crippen LogP contribution in [0.1, 0.15) is 11.3 Å². The maximum atomic E-state index is 10.4. The van der Waals surface area contributed by atoms with Crippen LogP contribution in [0.4, 0.5) is 5.82 Å². The van der Waals surface area contributed by atoms with Crippen molar-refractivity contribution in [1.82, 2.24) is 9.78 Å². The molecule has 0 unspecified atom stereocenters. The molecule has 1 aromatic rings. The van der Waals surface area contributed by atoms with E-state index in [0.29, 0.717) is 11.3 Å². The van der Waals surface area contributed by atoms with Gasteiger partial charge in [0.2, 0.25) is 0 Å². The van der Waals surface area contributed by atoms with Crippen LogP contribution in [0, 0.1) is 24.0 Å². The van der Waals surface area contributed by atoms with Crippen molar-refractivity contribution in [2.75, 3.05) is 0 Å². The van der Waals surface area contributed by atoms with E-state index in [2.05, 4.69) is 5.10 Å². The van der Waals surface area contributed by atoms with Crippen molar-refractivity contribution in [2.45, 2.75) is 13.8 Å². The summed E-state index contributed by atoms with van der Waals surface area (Å²) >= 11 is 0. The van der Waals surface area contributed by atoms with Gasteiger partial charge >= 0.3 is 5.82 Å². The van der Waals surface area contributed by atoms with Crippen molar-refractivity contribution in [3.63, 3.8) is 0 Å². The molecular formula is C6H9N3O2. The molecule has 60 valence electrons. The van der Waals surface area contributed by atoms with Crippen molar-refractivity contribution >= 4 is 5.82 Å². The van der Waals surface area contributed by atoms with E-state index in [1.54, 1.807) is 20.9 Å². The van der Waals surface area contributed by atoms with E-state index in [-0.39, 0.29) is 5.82 Å². The summed E-state index contributed by atoms with van der Waals surface area (Å²) in [6.07, 6.45) is 0. The van der Waals surface area contributed by atoms with Gasteiger partial charge in [-0.25, -0.2) is 0 Å². The normalized spacial score (nSPS) is 10.1. The summed E-state index contributed by atoms with van der Waals surface area (Å²) in [6.45, 7) is 3.45. The Morgan fingerprint density at radius 1 is 1.55 bits per heavy atom. The molecule has 0 saturated carbocycles. The minimum absolute atomic E-state index is 0.0718.